The van der Waals surface area contributed by atoms with Gasteiger partial charge in [-0.2, -0.15) is 0 Å². The maximum absolute atomic E-state index is 12.9. The van der Waals surface area contributed by atoms with Gasteiger partial charge in [0.2, 0.25) is 0 Å². The van der Waals surface area contributed by atoms with Gasteiger partial charge in [0.1, 0.15) is 0 Å². The van der Waals surface area contributed by atoms with E-state index >= 15 is 0 Å². The molecule has 0 bridgehead atoms. The van der Waals surface area contributed by atoms with E-state index in [9.17, 15) is 9.90 Å². The van der Waals surface area contributed by atoms with E-state index in [2.05, 4.69) is 0 Å². The third-order valence-electron chi connectivity index (χ3n) is 4.12. The molecule has 2 aromatic carbocycles. The zero-order chi connectivity index (χ0) is 15.7. The van der Waals surface area contributed by atoms with Crippen LogP contribution in [-0.2, 0) is 0 Å². The molecule has 1 aromatic heterocycles. The van der Waals surface area contributed by atoms with Crippen LogP contribution in [-0.4, -0.2) is 22.1 Å². The second-order valence-electron chi connectivity index (χ2n) is 5.57. The van der Waals surface area contributed by atoms with Crippen LogP contribution in [0.1, 0.15) is 34.6 Å². The van der Waals surface area contributed by atoms with Gasteiger partial charge in [0, 0.05) is 22.2 Å². The first-order valence-corrected chi connectivity index (χ1v) is 7.45. The average molecular weight is 293 g/mol. The summed E-state index contributed by atoms with van der Waals surface area (Å²) >= 11 is 0. The van der Waals surface area contributed by atoms with E-state index in [1.807, 2.05) is 73.0 Å². The monoisotopic (exact) mass is 293 g/mol. The summed E-state index contributed by atoms with van der Waals surface area (Å²) in [6.45, 7) is 3.94. The lowest BCUT2D eigenvalue weighted by atomic mass is 10.0. The molecule has 3 heteroatoms. The Kier molecular flexibility index (Phi) is 3.82. The number of nitrogens with zero attached hydrogens (tertiary/aromatic N) is 1. The Morgan fingerprint density at radius 3 is 2.41 bits per heavy atom. The summed E-state index contributed by atoms with van der Waals surface area (Å²) in [5, 5.41) is 10.5. The fraction of sp³-hybridized carbons (Fsp3) is 0.211. The van der Waals surface area contributed by atoms with Crippen LogP contribution in [0.25, 0.3) is 10.9 Å². The number of hydrogen-bond donors (Lipinski definition) is 1. The minimum absolute atomic E-state index is 0.0261. The van der Waals surface area contributed by atoms with Crippen LogP contribution in [0.3, 0.4) is 0 Å². The van der Waals surface area contributed by atoms with Gasteiger partial charge in [-0.05, 0) is 19.9 Å². The Morgan fingerprint density at radius 2 is 1.73 bits per heavy atom. The van der Waals surface area contributed by atoms with Crippen molar-refractivity contribution in [2.24, 2.45) is 0 Å². The number of aliphatic hydroxyl groups is 1. The van der Waals surface area contributed by atoms with Gasteiger partial charge in [0.15, 0.2) is 5.78 Å². The number of carbonyl (C=O) groups excluding carboxylic acids is 1. The fourth-order valence-electron chi connectivity index (χ4n) is 3.06. The summed E-state index contributed by atoms with van der Waals surface area (Å²) in [5.74, 6) is 0.0261. The molecule has 0 spiro atoms. The zero-order valence-electron chi connectivity index (χ0n) is 12.8. The number of aromatic nitrogens is 1. The van der Waals surface area contributed by atoms with Gasteiger partial charge in [-0.1, -0.05) is 48.5 Å². The quantitative estimate of drug-likeness (QED) is 0.745. The van der Waals surface area contributed by atoms with Crippen molar-refractivity contribution >= 4 is 16.7 Å². The van der Waals surface area contributed by atoms with E-state index in [0.29, 0.717) is 5.56 Å². The molecular weight excluding hydrogens is 274 g/mol. The first-order valence-electron chi connectivity index (χ1n) is 7.45. The van der Waals surface area contributed by atoms with Crippen molar-refractivity contribution in [1.29, 1.82) is 0 Å². The molecule has 22 heavy (non-hydrogen) atoms. The molecule has 0 aliphatic heterocycles. The average Bonchev–Trinajstić information content (AvgIpc) is 2.86. The fourth-order valence-corrected chi connectivity index (χ4v) is 3.06. The predicted octanol–water partition coefficient (Wildman–Crippen LogP) is 3.73. The molecule has 0 aliphatic carbocycles. The van der Waals surface area contributed by atoms with E-state index in [4.69, 9.17) is 0 Å². The van der Waals surface area contributed by atoms with Gasteiger partial charge in [0.05, 0.1) is 18.2 Å². The van der Waals surface area contributed by atoms with Gasteiger partial charge in [-0.3, -0.25) is 4.79 Å². The molecule has 0 radical (unpaired) electrons. The maximum Gasteiger partial charge on any atom is 0.195 e. The van der Waals surface area contributed by atoms with Crippen LogP contribution in [0, 0.1) is 6.92 Å². The van der Waals surface area contributed by atoms with Crippen LogP contribution < -0.4 is 0 Å². The van der Waals surface area contributed by atoms with Gasteiger partial charge >= 0.3 is 0 Å². The van der Waals surface area contributed by atoms with Crippen molar-refractivity contribution in [3.63, 3.8) is 0 Å². The number of fused-ring (bicyclic) bond motifs is 1. The molecule has 1 N–H and O–H groups in total. The molecule has 0 amide bonds. The highest BCUT2D eigenvalue weighted by Gasteiger charge is 2.22. The van der Waals surface area contributed by atoms with Gasteiger partial charge in [0.25, 0.3) is 0 Å². The van der Waals surface area contributed by atoms with Gasteiger partial charge in [-0.25, -0.2) is 0 Å². The van der Waals surface area contributed by atoms with Crippen LogP contribution in [0.2, 0.25) is 0 Å². The van der Waals surface area contributed by atoms with Crippen LogP contribution in [0.5, 0.6) is 0 Å². The zero-order valence-corrected chi connectivity index (χ0v) is 12.8. The smallest absolute Gasteiger partial charge is 0.195 e. The second-order valence-corrected chi connectivity index (χ2v) is 5.57. The van der Waals surface area contributed by atoms with Crippen molar-refractivity contribution in [2.75, 3.05) is 6.61 Å². The van der Waals surface area contributed by atoms with E-state index in [1.54, 1.807) is 0 Å². The molecule has 112 valence electrons. The lowest BCUT2D eigenvalue weighted by Crippen LogP contribution is -2.12. The maximum atomic E-state index is 12.9. The van der Waals surface area contributed by atoms with Crippen molar-refractivity contribution < 1.29 is 9.90 Å². The Labute approximate surface area is 129 Å². The summed E-state index contributed by atoms with van der Waals surface area (Å²) in [5.41, 5.74) is 3.30. The van der Waals surface area contributed by atoms with Gasteiger partial charge < -0.3 is 9.67 Å². The standard InChI is InChI=1S/C19H19NO2/c1-13(12-21)20-14(2)18(16-10-6-7-11-17(16)20)19(22)15-8-4-3-5-9-15/h3-11,13,21H,12H2,1-2H3/t13-/m0/s1. The summed E-state index contributed by atoms with van der Waals surface area (Å²) in [4.78, 5) is 12.9. The lowest BCUT2D eigenvalue weighted by Gasteiger charge is -2.15. The minimum Gasteiger partial charge on any atom is -0.394 e. The van der Waals surface area contributed by atoms with E-state index in [0.717, 1.165) is 22.2 Å². The number of aliphatic hydroxyl groups excluding tert-OH is 1. The van der Waals surface area contributed by atoms with Gasteiger partial charge in [-0.15, -0.1) is 0 Å². The summed E-state index contributed by atoms with van der Waals surface area (Å²) < 4.78 is 2.05. The summed E-state index contributed by atoms with van der Waals surface area (Å²) in [6.07, 6.45) is 0. The third kappa shape index (κ3) is 2.24. The summed E-state index contributed by atoms with van der Waals surface area (Å²) in [6, 6.07) is 17.1. The topological polar surface area (TPSA) is 42.2 Å². The van der Waals surface area contributed by atoms with Crippen LogP contribution >= 0.6 is 0 Å². The molecule has 3 aromatic rings. The molecule has 3 rings (SSSR count). The highest BCUT2D eigenvalue weighted by molar-refractivity contribution is 6.17. The Bertz CT molecular complexity index is 818. The van der Waals surface area contributed by atoms with Crippen molar-refractivity contribution in [1.82, 2.24) is 4.57 Å². The molecule has 0 aliphatic rings. The highest BCUT2D eigenvalue weighted by Crippen LogP contribution is 2.30. The largest absolute Gasteiger partial charge is 0.394 e. The molecular formula is C19H19NO2. The number of para-hydroxylation sites is 1. The molecule has 0 unspecified atom stereocenters. The molecule has 0 fully saturated rings. The second kappa shape index (κ2) is 5.78. The number of carbonyl (C=O) groups is 1. The van der Waals surface area contributed by atoms with Crippen molar-refractivity contribution in [3.05, 3.63) is 71.4 Å². The van der Waals surface area contributed by atoms with Crippen LogP contribution in [0.15, 0.2) is 54.6 Å². The molecule has 1 atom stereocenters. The van der Waals surface area contributed by atoms with E-state index in [-0.39, 0.29) is 18.4 Å². The first-order chi connectivity index (χ1) is 10.6. The predicted molar refractivity (Wildman–Crippen MR) is 88.3 cm³/mol. The Balaban J connectivity index is 2.26. The first kappa shape index (κ1) is 14.5. The molecule has 1 heterocycles. The molecule has 0 saturated carbocycles. The van der Waals surface area contributed by atoms with Crippen LogP contribution in [0.4, 0.5) is 0 Å². The van der Waals surface area contributed by atoms with Crippen molar-refractivity contribution in [3.8, 4) is 0 Å². The SMILES string of the molecule is Cc1c(C(=O)c2ccccc2)c2ccccc2n1[C@@H](C)CO. The van der Waals surface area contributed by atoms with Crippen molar-refractivity contribution in [2.45, 2.75) is 19.9 Å². The normalized spacial score (nSPS) is 12.5. The third-order valence-corrected chi connectivity index (χ3v) is 4.12. The highest BCUT2D eigenvalue weighted by atomic mass is 16.3. The Hall–Kier alpha value is -2.39. The number of ketones is 1. The number of hydrogen-bond acceptors (Lipinski definition) is 2. The Morgan fingerprint density at radius 1 is 1.09 bits per heavy atom. The van der Waals surface area contributed by atoms with E-state index in [1.165, 1.54) is 0 Å². The number of benzene rings is 2. The van der Waals surface area contributed by atoms with E-state index < -0.39 is 0 Å². The lowest BCUT2D eigenvalue weighted by molar-refractivity contribution is 0.103. The molecule has 3 nitrogen and oxygen atoms in total. The summed E-state index contributed by atoms with van der Waals surface area (Å²) in [7, 11) is 0. The molecule has 0 saturated heterocycles. The number of rotatable bonds is 4. The minimum atomic E-state index is -0.0674.